The third kappa shape index (κ3) is 3.30. The average molecular weight is 348 g/mol. The van der Waals surface area contributed by atoms with Crippen molar-refractivity contribution in [3.63, 3.8) is 0 Å². The second-order valence-electron chi connectivity index (χ2n) is 4.74. The van der Waals surface area contributed by atoms with Crippen molar-refractivity contribution < 1.29 is 13.9 Å². The van der Waals surface area contributed by atoms with E-state index in [0.717, 1.165) is 16.3 Å². The summed E-state index contributed by atoms with van der Waals surface area (Å²) in [5.41, 5.74) is 1.14. The van der Waals surface area contributed by atoms with E-state index in [1.54, 1.807) is 19.1 Å². The molecule has 0 saturated heterocycles. The molecule has 24 heavy (non-hydrogen) atoms. The van der Waals surface area contributed by atoms with E-state index in [1.165, 1.54) is 18.3 Å². The Hall–Kier alpha value is -2.68. The summed E-state index contributed by atoms with van der Waals surface area (Å²) in [7, 11) is 0. The lowest BCUT2D eigenvalue weighted by molar-refractivity contribution is -0.139. The van der Waals surface area contributed by atoms with E-state index in [1.807, 2.05) is 0 Å². The SMILES string of the molecule is CCOC(=O)CSc1nc2c(-c3ccc(F)cc3)cnn2c(=O)[nH]1. The summed E-state index contributed by atoms with van der Waals surface area (Å²) in [4.78, 5) is 30.4. The van der Waals surface area contributed by atoms with Crippen LogP contribution in [-0.4, -0.2) is 37.9 Å². The van der Waals surface area contributed by atoms with Crippen molar-refractivity contribution in [1.82, 2.24) is 19.6 Å². The first-order chi connectivity index (χ1) is 11.6. The number of esters is 1. The maximum absolute atomic E-state index is 13.1. The number of thioether (sulfide) groups is 1. The van der Waals surface area contributed by atoms with Gasteiger partial charge < -0.3 is 4.74 Å². The number of carbonyl (C=O) groups is 1. The normalized spacial score (nSPS) is 10.9. The lowest BCUT2D eigenvalue weighted by Gasteiger charge is -2.03. The maximum atomic E-state index is 13.1. The molecule has 2 heterocycles. The van der Waals surface area contributed by atoms with Crippen molar-refractivity contribution in [2.75, 3.05) is 12.4 Å². The molecule has 1 aromatic carbocycles. The molecule has 3 aromatic rings. The van der Waals surface area contributed by atoms with Crippen molar-refractivity contribution in [2.24, 2.45) is 0 Å². The van der Waals surface area contributed by atoms with Gasteiger partial charge in [-0.1, -0.05) is 23.9 Å². The third-order valence-corrected chi connectivity index (χ3v) is 3.99. The Morgan fingerprint density at radius 2 is 2.12 bits per heavy atom. The lowest BCUT2D eigenvalue weighted by atomic mass is 10.1. The summed E-state index contributed by atoms with van der Waals surface area (Å²) in [6.07, 6.45) is 1.49. The molecule has 124 valence electrons. The van der Waals surface area contributed by atoms with Crippen LogP contribution in [0.25, 0.3) is 16.8 Å². The van der Waals surface area contributed by atoms with Gasteiger partial charge >= 0.3 is 11.7 Å². The minimum atomic E-state index is -0.472. The standard InChI is InChI=1S/C15H13FN4O3S/c1-2-23-12(21)8-24-14-18-13-11(7-17-20(13)15(22)19-14)9-3-5-10(16)6-4-9/h3-7H,2,8H2,1H3,(H,18,19,22). The molecule has 0 aliphatic rings. The number of ether oxygens (including phenoxy) is 1. The first-order valence-electron chi connectivity index (χ1n) is 7.11. The van der Waals surface area contributed by atoms with Gasteiger partial charge in [-0.25, -0.2) is 14.2 Å². The second-order valence-corrected chi connectivity index (χ2v) is 5.71. The fourth-order valence-electron chi connectivity index (χ4n) is 2.10. The highest BCUT2D eigenvalue weighted by molar-refractivity contribution is 7.99. The first-order valence-corrected chi connectivity index (χ1v) is 8.09. The summed E-state index contributed by atoms with van der Waals surface area (Å²) in [5, 5.41) is 4.28. The van der Waals surface area contributed by atoms with Crippen LogP contribution >= 0.6 is 11.8 Å². The van der Waals surface area contributed by atoms with Gasteiger partial charge in [-0.2, -0.15) is 9.61 Å². The van der Waals surface area contributed by atoms with Crippen LogP contribution in [0, 0.1) is 5.82 Å². The molecule has 0 aliphatic carbocycles. The highest BCUT2D eigenvalue weighted by atomic mass is 32.2. The Labute approximate surface area is 139 Å². The molecule has 0 unspecified atom stereocenters. The number of hydrogen-bond acceptors (Lipinski definition) is 6. The zero-order chi connectivity index (χ0) is 17.1. The predicted octanol–water partition coefficient (Wildman–Crippen LogP) is 1.88. The van der Waals surface area contributed by atoms with Crippen LogP contribution < -0.4 is 5.69 Å². The van der Waals surface area contributed by atoms with Crippen LogP contribution in [0.5, 0.6) is 0 Å². The number of aromatic amines is 1. The number of hydrogen-bond donors (Lipinski definition) is 1. The van der Waals surface area contributed by atoms with E-state index in [4.69, 9.17) is 4.74 Å². The molecule has 2 aromatic heterocycles. The van der Waals surface area contributed by atoms with E-state index >= 15 is 0 Å². The molecule has 0 fully saturated rings. The molecule has 0 bridgehead atoms. The molecule has 0 aliphatic heterocycles. The van der Waals surface area contributed by atoms with Gasteiger partial charge in [0.05, 0.1) is 18.6 Å². The molecule has 0 radical (unpaired) electrons. The highest BCUT2D eigenvalue weighted by Crippen LogP contribution is 2.23. The van der Waals surface area contributed by atoms with Gasteiger partial charge in [0.2, 0.25) is 0 Å². The Kier molecular flexibility index (Phi) is 4.61. The number of nitrogens with zero attached hydrogens (tertiary/aromatic N) is 3. The maximum Gasteiger partial charge on any atom is 0.350 e. The number of fused-ring (bicyclic) bond motifs is 1. The molecule has 3 rings (SSSR count). The van der Waals surface area contributed by atoms with Crippen molar-refractivity contribution >= 4 is 23.4 Å². The number of benzene rings is 1. The Morgan fingerprint density at radius 3 is 2.83 bits per heavy atom. The predicted molar refractivity (Wildman–Crippen MR) is 86.4 cm³/mol. The molecule has 0 saturated carbocycles. The summed E-state index contributed by atoms with van der Waals surface area (Å²) in [5.74, 6) is -0.712. The van der Waals surface area contributed by atoms with E-state index in [-0.39, 0.29) is 16.7 Å². The molecule has 1 N–H and O–H groups in total. The number of rotatable bonds is 5. The summed E-state index contributed by atoms with van der Waals surface area (Å²) in [6.45, 7) is 2.01. The molecule has 0 spiro atoms. The van der Waals surface area contributed by atoms with Gasteiger partial charge in [0.15, 0.2) is 10.8 Å². The largest absolute Gasteiger partial charge is 0.465 e. The van der Waals surface area contributed by atoms with Crippen molar-refractivity contribution in [2.45, 2.75) is 12.1 Å². The van der Waals surface area contributed by atoms with Crippen LogP contribution in [-0.2, 0) is 9.53 Å². The lowest BCUT2D eigenvalue weighted by Crippen LogP contribution is -2.19. The van der Waals surface area contributed by atoms with E-state index < -0.39 is 11.7 Å². The van der Waals surface area contributed by atoms with E-state index in [9.17, 15) is 14.0 Å². The zero-order valence-electron chi connectivity index (χ0n) is 12.7. The Balaban J connectivity index is 1.96. The quantitative estimate of drug-likeness (QED) is 0.559. The van der Waals surface area contributed by atoms with Gasteiger partial charge in [0, 0.05) is 5.56 Å². The van der Waals surface area contributed by atoms with Gasteiger partial charge in [-0.15, -0.1) is 0 Å². The molecule has 0 atom stereocenters. The Bertz CT molecular complexity index is 936. The van der Waals surface area contributed by atoms with Gasteiger partial charge in [-0.05, 0) is 24.6 Å². The fourth-order valence-corrected chi connectivity index (χ4v) is 2.75. The smallest absolute Gasteiger partial charge is 0.350 e. The van der Waals surface area contributed by atoms with Crippen LogP contribution in [0.15, 0.2) is 40.4 Å². The number of halogens is 1. The molecular formula is C15H13FN4O3S. The van der Waals surface area contributed by atoms with Crippen LogP contribution in [0.1, 0.15) is 6.92 Å². The Morgan fingerprint density at radius 1 is 1.38 bits per heavy atom. The van der Waals surface area contributed by atoms with Gasteiger partial charge in [0.25, 0.3) is 0 Å². The van der Waals surface area contributed by atoms with Crippen molar-refractivity contribution in [1.29, 1.82) is 0 Å². The number of carbonyl (C=O) groups excluding carboxylic acids is 1. The second kappa shape index (κ2) is 6.83. The van der Waals surface area contributed by atoms with Gasteiger partial charge in [-0.3, -0.25) is 9.78 Å². The minimum Gasteiger partial charge on any atom is -0.465 e. The number of H-pyrrole nitrogens is 1. The molecular weight excluding hydrogens is 335 g/mol. The summed E-state index contributed by atoms with van der Waals surface area (Å²) < 4.78 is 19.0. The number of aromatic nitrogens is 4. The van der Waals surface area contributed by atoms with Crippen LogP contribution in [0.2, 0.25) is 0 Å². The van der Waals surface area contributed by atoms with Gasteiger partial charge in [0.1, 0.15) is 5.82 Å². The molecule has 9 heteroatoms. The highest BCUT2D eigenvalue weighted by Gasteiger charge is 2.13. The minimum absolute atomic E-state index is 0.0347. The third-order valence-electron chi connectivity index (χ3n) is 3.14. The van der Waals surface area contributed by atoms with Crippen molar-refractivity contribution in [3.8, 4) is 11.1 Å². The van der Waals surface area contributed by atoms with E-state index in [2.05, 4.69) is 15.1 Å². The molecule has 0 amide bonds. The van der Waals surface area contributed by atoms with Crippen LogP contribution in [0.3, 0.4) is 0 Å². The fraction of sp³-hybridized carbons (Fsp3) is 0.200. The van der Waals surface area contributed by atoms with E-state index in [0.29, 0.717) is 23.4 Å². The average Bonchev–Trinajstić information content (AvgIpc) is 2.98. The topological polar surface area (TPSA) is 89.3 Å². The summed E-state index contributed by atoms with van der Waals surface area (Å²) in [6, 6.07) is 5.81. The zero-order valence-corrected chi connectivity index (χ0v) is 13.5. The van der Waals surface area contributed by atoms with Crippen LogP contribution in [0.4, 0.5) is 4.39 Å². The van der Waals surface area contributed by atoms with Crippen molar-refractivity contribution in [3.05, 3.63) is 46.8 Å². The number of nitrogens with one attached hydrogen (secondary N) is 1. The summed E-state index contributed by atoms with van der Waals surface area (Å²) >= 11 is 1.06. The molecule has 7 nitrogen and oxygen atoms in total. The monoisotopic (exact) mass is 348 g/mol. The first kappa shape index (κ1) is 16.2.